The van der Waals surface area contributed by atoms with E-state index in [2.05, 4.69) is 15.0 Å². The van der Waals surface area contributed by atoms with Gasteiger partial charge in [0.05, 0.1) is 33.1 Å². The quantitative estimate of drug-likeness (QED) is 0.505. The molecule has 7 nitrogen and oxygen atoms in total. The zero-order chi connectivity index (χ0) is 22.2. The molecule has 8 heteroatoms. The molecule has 0 spiro atoms. The summed E-state index contributed by atoms with van der Waals surface area (Å²) < 4.78 is 1.81. The van der Waals surface area contributed by atoms with Crippen molar-refractivity contribution in [2.45, 2.75) is 20.3 Å². The van der Waals surface area contributed by atoms with E-state index in [1.54, 1.807) is 0 Å². The van der Waals surface area contributed by atoms with Gasteiger partial charge in [0.2, 0.25) is 5.95 Å². The van der Waals surface area contributed by atoms with Crippen LogP contribution in [0.2, 0.25) is 5.02 Å². The van der Waals surface area contributed by atoms with Gasteiger partial charge < -0.3 is 14.8 Å². The fourth-order valence-corrected chi connectivity index (χ4v) is 4.34. The van der Waals surface area contributed by atoms with Gasteiger partial charge in [0.1, 0.15) is 0 Å². The Hall–Kier alpha value is -3.32. The average Bonchev–Trinajstić information content (AvgIpc) is 3.24. The lowest BCUT2D eigenvalue weighted by Crippen LogP contribution is -2.35. The lowest BCUT2D eigenvalue weighted by molar-refractivity contribution is 0.0767. The van der Waals surface area contributed by atoms with Gasteiger partial charge in [-0.25, -0.2) is 9.67 Å². The van der Waals surface area contributed by atoms with Gasteiger partial charge in [0, 0.05) is 31.7 Å². The fourth-order valence-electron chi connectivity index (χ4n) is 4.22. The van der Waals surface area contributed by atoms with Crippen LogP contribution in [0, 0.1) is 13.8 Å². The number of anilines is 1. The van der Waals surface area contributed by atoms with Crippen molar-refractivity contribution < 1.29 is 4.79 Å². The van der Waals surface area contributed by atoms with Crippen LogP contribution in [0.25, 0.3) is 16.7 Å². The molecule has 2 aromatic heterocycles. The summed E-state index contributed by atoms with van der Waals surface area (Å²) in [6.07, 6.45) is 0.894. The number of aryl methyl sites for hydroxylation is 1. The van der Waals surface area contributed by atoms with Crippen molar-refractivity contribution in [2.75, 3.05) is 31.1 Å². The Bertz CT molecular complexity index is 1240. The molecule has 32 heavy (non-hydrogen) atoms. The Kier molecular flexibility index (Phi) is 5.35. The molecule has 1 aliphatic rings. The van der Waals surface area contributed by atoms with E-state index < -0.39 is 0 Å². The summed E-state index contributed by atoms with van der Waals surface area (Å²) in [5.74, 6) is 0.919. The Morgan fingerprint density at radius 1 is 1.00 bits per heavy atom. The summed E-state index contributed by atoms with van der Waals surface area (Å²) in [4.78, 5) is 25.4. The first kappa shape index (κ1) is 20.6. The van der Waals surface area contributed by atoms with Crippen LogP contribution < -0.4 is 4.90 Å². The number of nitrogens with zero attached hydrogens (tertiary/aromatic N) is 5. The Morgan fingerprint density at radius 2 is 1.78 bits per heavy atom. The maximum Gasteiger partial charge on any atom is 0.253 e. The largest absolute Gasteiger partial charge is 0.341 e. The molecule has 0 saturated carbocycles. The first-order chi connectivity index (χ1) is 15.5. The topological polar surface area (TPSA) is 70.1 Å². The minimum atomic E-state index is 0.0504. The lowest BCUT2D eigenvalue weighted by Gasteiger charge is -2.22. The SMILES string of the molecule is Cc1nn(-c2ccc(C(=O)N3CCCN(c4nc5ccccc5[nH]4)CC3)cc2)c(C)c1Cl. The van der Waals surface area contributed by atoms with Crippen molar-refractivity contribution in [2.24, 2.45) is 0 Å². The third kappa shape index (κ3) is 3.73. The van der Waals surface area contributed by atoms with E-state index >= 15 is 0 Å². The van der Waals surface area contributed by atoms with Crippen LogP contribution in [-0.2, 0) is 0 Å². The number of nitrogens with one attached hydrogen (secondary N) is 1. The molecule has 1 amide bonds. The summed E-state index contributed by atoms with van der Waals surface area (Å²) in [5.41, 5.74) is 5.25. The number of aromatic nitrogens is 4. The van der Waals surface area contributed by atoms with Crippen LogP contribution in [0.1, 0.15) is 28.2 Å². The predicted octanol–water partition coefficient (Wildman–Crippen LogP) is 4.37. The smallest absolute Gasteiger partial charge is 0.253 e. The van der Waals surface area contributed by atoms with E-state index in [1.807, 2.05) is 72.0 Å². The van der Waals surface area contributed by atoms with Crippen LogP contribution >= 0.6 is 11.6 Å². The number of fused-ring (bicyclic) bond motifs is 1. The van der Waals surface area contributed by atoms with Gasteiger partial charge >= 0.3 is 0 Å². The molecule has 3 heterocycles. The molecule has 0 unspecified atom stereocenters. The highest BCUT2D eigenvalue weighted by Gasteiger charge is 2.22. The molecule has 5 rings (SSSR count). The molecule has 0 radical (unpaired) electrons. The summed E-state index contributed by atoms with van der Waals surface area (Å²) in [7, 11) is 0. The van der Waals surface area contributed by atoms with E-state index in [4.69, 9.17) is 16.6 Å². The molecule has 1 fully saturated rings. The minimum absolute atomic E-state index is 0.0504. The third-order valence-electron chi connectivity index (χ3n) is 6.02. The number of halogens is 1. The number of H-pyrrole nitrogens is 1. The Labute approximate surface area is 191 Å². The number of carbonyl (C=O) groups excluding carboxylic acids is 1. The van der Waals surface area contributed by atoms with Gasteiger partial charge in [-0.15, -0.1) is 0 Å². The first-order valence-corrected chi connectivity index (χ1v) is 11.2. The van der Waals surface area contributed by atoms with Gasteiger partial charge in [-0.2, -0.15) is 5.10 Å². The van der Waals surface area contributed by atoms with Crippen molar-refractivity contribution in [3.8, 4) is 5.69 Å². The van der Waals surface area contributed by atoms with Crippen molar-refractivity contribution in [1.29, 1.82) is 0 Å². The van der Waals surface area contributed by atoms with Crippen molar-refractivity contribution in [1.82, 2.24) is 24.6 Å². The van der Waals surface area contributed by atoms with Crippen LogP contribution in [0.4, 0.5) is 5.95 Å². The second-order valence-corrected chi connectivity index (χ2v) is 8.53. The summed E-state index contributed by atoms with van der Waals surface area (Å²) in [5, 5.41) is 5.15. The Balaban J connectivity index is 1.29. The van der Waals surface area contributed by atoms with Crippen LogP contribution in [0.5, 0.6) is 0 Å². The summed E-state index contributed by atoms with van der Waals surface area (Å²) >= 11 is 6.27. The number of benzene rings is 2. The highest BCUT2D eigenvalue weighted by molar-refractivity contribution is 6.31. The molecule has 164 valence electrons. The van der Waals surface area contributed by atoms with E-state index in [-0.39, 0.29) is 5.91 Å². The van der Waals surface area contributed by atoms with Crippen molar-refractivity contribution in [3.05, 3.63) is 70.5 Å². The van der Waals surface area contributed by atoms with Gasteiger partial charge in [-0.3, -0.25) is 4.79 Å². The third-order valence-corrected chi connectivity index (χ3v) is 6.57. The van der Waals surface area contributed by atoms with Gasteiger partial charge in [0.15, 0.2) is 0 Å². The molecular weight excluding hydrogens is 424 g/mol. The first-order valence-electron chi connectivity index (χ1n) is 10.8. The van der Waals surface area contributed by atoms with Crippen LogP contribution in [0.15, 0.2) is 48.5 Å². The lowest BCUT2D eigenvalue weighted by atomic mass is 10.1. The summed E-state index contributed by atoms with van der Waals surface area (Å²) in [6, 6.07) is 15.6. The standard InChI is InChI=1S/C24H25ClN6O/c1-16-22(25)17(2)31(28-16)19-10-8-18(9-11-19)23(32)29-12-5-13-30(15-14-29)24-26-20-6-3-4-7-21(20)27-24/h3-4,6-11H,5,12-15H2,1-2H3,(H,26,27). The maximum atomic E-state index is 13.1. The number of para-hydroxylation sites is 2. The average molecular weight is 449 g/mol. The number of hydrogen-bond donors (Lipinski definition) is 1. The predicted molar refractivity (Wildman–Crippen MR) is 127 cm³/mol. The van der Waals surface area contributed by atoms with Crippen molar-refractivity contribution >= 4 is 34.5 Å². The number of imidazole rings is 1. The molecule has 0 aliphatic carbocycles. The number of carbonyl (C=O) groups is 1. The molecule has 4 aromatic rings. The highest BCUT2D eigenvalue weighted by atomic mass is 35.5. The van der Waals surface area contributed by atoms with E-state index in [0.717, 1.165) is 60.1 Å². The molecule has 1 saturated heterocycles. The van der Waals surface area contributed by atoms with Gasteiger partial charge in [-0.1, -0.05) is 23.7 Å². The molecule has 0 atom stereocenters. The molecule has 1 aliphatic heterocycles. The summed E-state index contributed by atoms with van der Waals surface area (Å²) in [6.45, 7) is 6.81. The van der Waals surface area contributed by atoms with E-state index in [0.29, 0.717) is 17.1 Å². The minimum Gasteiger partial charge on any atom is -0.341 e. The van der Waals surface area contributed by atoms with Gasteiger partial charge in [-0.05, 0) is 56.7 Å². The highest BCUT2D eigenvalue weighted by Crippen LogP contribution is 2.23. The van der Waals surface area contributed by atoms with Crippen LogP contribution in [0.3, 0.4) is 0 Å². The normalized spacial score (nSPS) is 14.7. The molecule has 1 N–H and O–H groups in total. The van der Waals surface area contributed by atoms with E-state index in [1.165, 1.54) is 0 Å². The van der Waals surface area contributed by atoms with E-state index in [9.17, 15) is 4.79 Å². The van der Waals surface area contributed by atoms with Gasteiger partial charge in [0.25, 0.3) is 5.91 Å². The monoisotopic (exact) mass is 448 g/mol. The second-order valence-electron chi connectivity index (χ2n) is 8.15. The Morgan fingerprint density at radius 3 is 2.50 bits per heavy atom. The number of hydrogen-bond acceptors (Lipinski definition) is 4. The fraction of sp³-hybridized carbons (Fsp3) is 0.292. The number of amides is 1. The molecule has 0 bridgehead atoms. The number of rotatable bonds is 3. The van der Waals surface area contributed by atoms with Crippen LogP contribution in [-0.4, -0.2) is 56.7 Å². The zero-order valence-corrected chi connectivity index (χ0v) is 18.9. The van der Waals surface area contributed by atoms with Crippen molar-refractivity contribution in [3.63, 3.8) is 0 Å². The number of aromatic amines is 1. The maximum absolute atomic E-state index is 13.1. The molecule has 2 aromatic carbocycles. The second kappa shape index (κ2) is 8.31. The zero-order valence-electron chi connectivity index (χ0n) is 18.2. The molecular formula is C24H25ClN6O.